The van der Waals surface area contributed by atoms with Crippen molar-refractivity contribution in [2.75, 3.05) is 42.1 Å². The lowest BCUT2D eigenvalue weighted by Crippen LogP contribution is -2.49. The number of hydrogen-bond donors (Lipinski definition) is 1. The Bertz CT molecular complexity index is 1020. The maximum absolute atomic E-state index is 12.3. The van der Waals surface area contributed by atoms with E-state index < -0.39 is 0 Å². The number of carbonyl (C=O) groups is 2. The Morgan fingerprint density at radius 2 is 1.77 bits per heavy atom. The third-order valence-electron chi connectivity index (χ3n) is 5.20. The molecule has 1 N–H and O–H groups in total. The summed E-state index contributed by atoms with van der Waals surface area (Å²) >= 11 is 3.07. The number of rotatable bonds is 6. The molecule has 1 aliphatic rings. The van der Waals surface area contributed by atoms with Crippen molar-refractivity contribution < 1.29 is 9.59 Å². The highest BCUT2D eigenvalue weighted by molar-refractivity contribution is 8.01. The lowest BCUT2D eigenvalue weighted by Gasteiger charge is -2.37. The van der Waals surface area contributed by atoms with Crippen LogP contribution in [0, 0.1) is 5.92 Å². The number of amides is 2. The van der Waals surface area contributed by atoms with Crippen LogP contribution in [0.2, 0.25) is 0 Å². The van der Waals surface area contributed by atoms with Crippen LogP contribution in [0.4, 0.5) is 11.4 Å². The predicted octanol–water partition coefficient (Wildman–Crippen LogP) is 4.33. The number of fused-ring (bicyclic) bond motifs is 1. The van der Waals surface area contributed by atoms with E-state index in [-0.39, 0.29) is 17.7 Å². The average molecular weight is 455 g/mol. The summed E-state index contributed by atoms with van der Waals surface area (Å²) in [4.78, 5) is 33.3. The zero-order valence-corrected chi connectivity index (χ0v) is 19.3. The van der Waals surface area contributed by atoms with Crippen molar-refractivity contribution in [1.29, 1.82) is 0 Å². The van der Waals surface area contributed by atoms with Crippen molar-refractivity contribution in [3.05, 3.63) is 48.5 Å². The Labute approximate surface area is 190 Å². The van der Waals surface area contributed by atoms with Crippen LogP contribution in [0.5, 0.6) is 0 Å². The second kappa shape index (κ2) is 9.70. The number of nitrogens with zero attached hydrogens (tertiary/aromatic N) is 3. The first-order valence-electron chi connectivity index (χ1n) is 10.4. The van der Waals surface area contributed by atoms with Gasteiger partial charge < -0.3 is 15.1 Å². The number of carbonyl (C=O) groups excluding carboxylic acids is 2. The van der Waals surface area contributed by atoms with Crippen molar-refractivity contribution >= 4 is 56.5 Å². The molecule has 4 rings (SSSR count). The van der Waals surface area contributed by atoms with Gasteiger partial charge in [-0.15, -0.1) is 11.3 Å². The summed E-state index contributed by atoms with van der Waals surface area (Å²) in [5, 5.41) is 2.96. The molecule has 1 fully saturated rings. The molecule has 6 nitrogen and oxygen atoms in total. The summed E-state index contributed by atoms with van der Waals surface area (Å²) < 4.78 is 2.04. The molecule has 0 unspecified atom stereocenters. The summed E-state index contributed by atoms with van der Waals surface area (Å²) in [6, 6.07) is 15.9. The van der Waals surface area contributed by atoms with Gasteiger partial charge in [-0.2, -0.15) is 0 Å². The molecule has 0 bridgehead atoms. The quantitative estimate of drug-likeness (QED) is 0.562. The maximum Gasteiger partial charge on any atom is 0.234 e. The molecular weight excluding hydrogens is 428 g/mol. The summed E-state index contributed by atoms with van der Waals surface area (Å²) in [7, 11) is 0. The van der Waals surface area contributed by atoms with Gasteiger partial charge >= 0.3 is 0 Å². The molecular formula is C23H26N4O2S2. The fraction of sp³-hybridized carbons (Fsp3) is 0.348. The van der Waals surface area contributed by atoms with Gasteiger partial charge in [-0.05, 0) is 36.4 Å². The van der Waals surface area contributed by atoms with E-state index in [1.165, 1.54) is 11.8 Å². The van der Waals surface area contributed by atoms with Gasteiger partial charge in [0.15, 0.2) is 4.34 Å². The lowest BCUT2D eigenvalue weighted by atomic mass is 10.1. The number of para-hydroxylation sites is 1. The smallest absolute Gasteiger partial charge is 0.234 e. The van der Waals surface area contributed by atoms with Crippen LogP contribution in [0.3, 0.4) is 0 Å². The summed E-state index contributed by atoms with van der Waals surface area (Å²) in [5.41, 5.74) is 2.87. The Morgan fingerprint density at radius 1 is 1.06 bits per heavy atom. The summed E-state index contributed by atoms with van der Waals surface area (Å²) in [5.74, 6) is 0.550. The van der Waals surface area contributed by atoms with E-state index in [0.717, 1.165) is 52.1 Å². The van der Waals surface area contributed by atoms with Gasteiger partial charge in [-0.25, -0.2) is 4.98 Å². The van der Waals surface area contributed by atoms with Crippen LogP contribution in [-0.4, -0.2) is 53.6 Å². The molecule has 31 heavy (non-hydrogen) atoms. The third kappa shape index (κ3) is 5.37. The highest BCUT2D eigenvalue weighted by Gasteiger charge is 2.22. The second-order valence-electron chi connectivity index (χ2n) is 7.80. The molecule has 2 amide bonds. The molecule has 1 aromatic heterocycles. The predicted molar refractivity (Wildman–Crippen MR) is 129 cm³/mol. The van der Waals surface area contributed by atoms with Crippen LogP contribution in [0.15, 0.2) is 52.9 Å². The van der Waals surface area contributed by atoms with Crippen molar-refractivity contribution in [2.45, 2.75) is 18.2 Å². The largest absolute Gasteiger partial charge is 0.368 e. The minimum atomic E-state index is -0.0437. The number of benzene rings is 2. The SMILES string of the molecule is CC(C)C(=O)N1CCN(c2ccc(NC(=O)CSc3nc4ccccc4s3)cc2)CC1. The van der Waals surface area contributed by atoms with E-state index in [1.54, 1.807) is 11.3 Å². The first-order valence-corrected chi connectivity index (χ1v) is 12.2. The van der Waals surface area contributed by atoms with Crippen LogP contribution in [0.25, 0.3) is 10.2 Å². The summed E-state index contributed by atoms with van der Waals surface area (Å²) in [6.45, 7) is 7.03. The van der Waals surface area contributed by atoms with Gasteiger partial charge in [0.2, 0.25) is 11.8 Å². The van der Waals surface area contributed by atoms with Crippen LogP contribution < -0.4 is 10.2 Å². The first-order chi connectivity index (χ1) is 15.0. The monoisotopic (exact) mass is 454 g/mol. The molecule has 162 valence electrons. The van der Waals surface area contributed by atoms with Crippen molar-refractivity contribution in [3.8, 4) is 0 Å². The molecule has 0 atom stereocenters. The molecule has 8 heteroatoms. The average Bonchev–Trinajstić information content (AvgIpc) is 3.21. The Hall–Kier alpha value is -2.58. The van der Waals surface area contributed by atoms with E-state index >= 15 is 0 Å². The number of piperazine rings is 1. The number of anilines is 2. The van der Waals surface area contributed by atoms with Gasteiger partial charge in [-0.1, -0.05) is 37.7 Å². The minimum absolute atomic E-state index is 0.0437. The molecule has 0 aliphatic carbocycles. The molecule has 1 aliphatic heterocycles. The molecule has 1 saturated heterocycles. The summed E-state index contributed by atoms with van der Waals surface area (Å²) in [6.07, 6.45) is 0. The van der Waals surface area contributed by atoms with Crippen molar-refractivity contribution in [2.24, 2.45) is 5.92 Å². The van der Waals surface area contributed by atoms with Crippen LogP contribution >= 0.6 is 23.1 Å². The van der Waals surface area contributed by atoms with Gasteiger partial charge in [0.1, 0.15) is 0 Å². The zero-order chi connectivity index (χ0) is 21.8. The van der Waals surface area contributed by atoms with Crippen LogP contribution in [0.1, 0.15) is 13.8 Å². The Balaban J connectivity index is 1.26. The Morgan fingerprint density at radius 3 is 2.45 bits per heavy atom. The van der Waals surface area contributed by atoms with Gasteiger partial charge in [0.25, 0.3) is 0 Å². The van der Waals surface area contributed by atoms with E-state index in [2.05, 4.69) is 15.2 Å². The van der Waals surface area contributed by atoms with E-state index in [4.69, 9.17) is 0 Å². The first kappa shape index (κ1) is 21.6. The zero-order valence-electron chi connectivity index (χ0n) is 17.7. The molecule has 3 aromatic rings. The number of thiazole rings is 1. The van der Waals surface area contributed by atoms with Crippen LogP contribution in [-0.2, 0) is 9.59 Å². The number of thioether (sulfide) groups is 1. The molecule has 0 spiro atoms. The fourth-order valence-corrected chi connectivity index (χ4v) is 5.41. The van der Waals surface area contributed by atoms with Crippen molar-refractivity contribution in [1.82, 2.24) is 9.88 Å². The molecule has 0 radical (unpaired) electrons. The fourth-order valence-electron chi connectivity index (χ4n) is 3.54. The van der Waals surface area contributed by atoms with Gasteiger partial charge in [-0.3, -0.25) is 9.59 Å². The highest BCUT2D eigenvalue weighted by Crippen LogP contribution is 2.29. The minimum Gasteiger partial charge on any atom is -0.368 e. The molecule has 2 aromatic carbocycles. The number of aromatic nitrogens is 1. The number of hydrogen-bond acceptors (Lipinski definition) is 6. The van der Waals surface area contributed by atoms with Gasteiger partial charge in [0.05, 0.1) is 16.0 Å². The standard InChI is InChI=1S/C23H26N4O2S2/c1-16(2)22(29)27-13-11-26(12-14-27)18-9-7-17(8-10-18)24-21(28)15-30-23-25-19-5-3-4-6-20(19)31-23/h3-10,16H,11-15H2,1-2H3,(H,24,28). The maximum atomic E-state index is 12.3. The third-order valence-corrected chi connectivity index (χ3v) is 7.38. The second-order valence-corrected chi connectivity index (χ2v) is 10.1. The highest BCUT2D eigenvalue weighted by atomic mass is 32.2. The molecule has 0 saturated carbocycles. The van der Waals surface area contributed by atoms with E-state index in [0.29, 0.717) is 5.75 Å². The molecule has 2 heterocycles. The van der Waals surface area contributed by atoms with Crippen molar-refractivity contribution in [3.63, 3.8) is 0 Å². The Kier molecular flexibility index (Phi) is 6.77. The number of nitrogens with one attached hydrogen (secondary N) is 1. The van der Waals surface area contributed by atoms with Gasteiger partial charge in [0, 0.05) is 43.5 Å². The lowest BCUT2D eigenvalue weighted by molar-refractivity contribution is -0.134. The topological polar surface area (TPSA) is 65.5 Å². The normalized spacial score (nSPS) is 14.3. The van der Waals surface area contributed by atoms with E-state index in [9.17, 15) is 9.59 Å². The van der Waals surface area contributed by atoms with E-state index in [1.807, 2.05) is 67.3 Å².